The van der Waals surface area contributed by atoms with Gasteiger partial charge in [0.25, 0.3) is 0 Å². The van der Waals surface area contributed by atoms with Gasteiger partial charge in [0, 0.05) is 23.9 Å². The summed E-state index contributed by atoms with van der Waals surface area (Å²) in [5, 5.41) is 0. The summed E-state index contributed by atoms with van der Waals surface area (Å²) < 4.78 is 31.4. The van der Waals surface area contributed by atoms with Crippen molar-refractivity contribution in [3.05, 3.63) is 28.7 Å². The maximum Gasteiger partial charge on any atom is 0.232 e. The van der Waals surface area contributed by atoms with Crippen LogP contribution in [0.25, 0.3) is 0 Å². The molecule has 1 aromatic rings. The maximum atomic E-state index is 11.6. The molecule has 0 aliphatic heterocycles. The molecular weight excluding hydrogens is 294 g/mol. The summed E-state index contributed by atoms with van der Waals surface area (Å²) in [6.45, 7) is 0.444. The number of nitrogens with one attached hydrogen (secondary N) is 1. The normalized spacial score (nSPS) is 11.4. The van der Waals surface area contributed by atoms with Crippen molar-refractivity contribution < 1.29 is 13.2 Å². The average molecular weight is 308 g/mol. The zero-order valence-corrected chi connectivity index (χ0v) is 11.3. The molecule has 0 bridgehead atoms. The average Bonchev–Trinajstić information content (AvgIpc) is 2.17. The van der Waals surface area contributed by atoms with Crippen molar-refractivity contribution in [1.29, 1.82) is 0 Å². The van der Waals surface area contributed by atoms with Crippen molar-refractivity contribution in [3.63, 3.8) is 0 Å². The van der Waals surface area contributed by atoms with Gasteiger partial charge >= 0.3 is 0 Å². The van der Waals surface area contributed by atoms with Crippen LogP contribution in [0.5, 0.6) is 0 Å². The SMILES string of the molecule is COCCCS(=O)(=O)Nc1cccc(Br)c1. The second kappa shape index (κ2) is 6.22. The molecular formula is C10H14BrNO3S. The van der Waals surface area contributed by atoms with Crippen molar-refractivity contribution >= 4 is 31.6 Å². The van der Waals surface area contributed by atoms with Crippen LogP contribution >= 0.6 is 15.9 Å². The summed E-state index contributed by atoms with van der Waals surface area (Å²) in [5.74, 6) is 0.0629. The molecule has 4 nitrogen and oxygen atoms in total. The van der Waals surface area contributed by atoms with E-state index in [1.54, 1.807) is 25.3 Å². The molecule has 0 unspecified atom stereocenters. The molecule has 0 fully saturated rings. The molecule has 0 radical (unpaired) electrons. The molecule has 0 saturated heterocycles. The standard InChI is InChI=1S/C10H14BrNO3S/c1-15-6-3-7-16(13,14)12-10-5-2-4-9(11)8-10/h2,4-5,8,12H,3,6-7H2,1H3. The number of ether oxygens (including phenoxy) is 1. The highest BCUT2D eigenvalue weighted by Crippen LogP contribution is 2.16. The molecule has 16 heavy (non-hydrogen) atoms. The molecule has 6 heteroatoms. The van der Waals surface area contributed by atoms with Crippen molar-refractivity contribution in [3.8, 4) is 0 Å². The van der Waals surface area contributed by atoms with Crippen LogP contribution in [0.15, 0.2) is 28.7 Å². The number of hydrogen-bond acceptors (Lipinski definition) is 3. The van der Waals surface area contributed by atoms with E-state index < -0.39 is 10.0 Å². The molecule has 90 valence electrons. The van der Waals surface area contributed by atoms with Gasteiger partial charge in [-0.05, 0) is 24.6 Å². The number of rotatable bonds is 6. The Hall–Kier alpha value is -0.590. The summed E-state index contributed by atoms with van der Waals surface area (Å²) in [4.78, 5) is 0. The predicted molar refractivity (Wildman–Crippen MR) is 68.0 cm³/mol. The van der Waals surface area contributed by atoms with E-state index in [0.717, 1.165) is 4.47 Å². The molecule has 0 aliphatic carbocycles. The van der Waals surface area contributed by atoms with Crippen LogP contribution in [0.4, 0.5) is 5.69 Å². The molecule has 0 spiro atoms. The summed E-state index contributed by atoms with van der Waals surface area (Å²) in [5.41, 5.74) is 0.562. The molecule has 0 aliphatic rings. The Kier molecular flexibility index (Phi) is 5.24. The van der Waals surface area contributed by atoms with E-state index in [1.807, 2.05) is 6.07 Å². The largest absolute Gasteiger partial charge is 0.385 e. The number of methoxy groups -OCH3 is 1. The number of benzene rings is 1. The second-order valence-corrected chi connectivity index (χ2v) is 6.04. The van der Waals surface area contributed by atoms with Crippen LogP contribution in [-0.2, 0) is 14.8 Å². The first-order valence-electron chi connectivity index (χ1n) is 4.78. The summed E-state index contributed by atoms with van der Waals surface area (Å²) in [6, 6.07) is 7.03. The highest BCUT2D eigenvalue weighted by atomic mass is 79.9. The smallest absolute Gasteiger partial charge is 0.232 e. The quantitative estimate of drug-likeness (QED) is 0.820. The number of sulfonamides is 1. The minimum Gasteiger partial charge on any atom is -0.385 e. The van der Waals surface area contributed by atoms with E-state index in [9.17, 15) is 8.42 Å². The molecule has 0 aromatic heterocycles. The van der Waals surface area contributed by atoms with Gasteiger partial charge in [0.05, 0.1) is 5.75 Å². The van der Waals surface area contributed by atoms with Crippen molar-refractivity contribution in [2.24, 2.45) is 0 Å². The first-order valence-corrected chi connectivity index (χ1v) is 7.23. The predicted octanol–water partition coefficient (Wildman–Crippen LogP) is 2.23. The van der Waals surface area contributed by atoms with Crippen LogP contribution < -0.4 is 4.72 Å². The maximum absolute atomic E-state index is 11.6. The number of hydrogen-bond donors (Lipinski definition) is 1. The lowest BCUT2D eigenvalue weighted by Crippen LogP contribution is -2.17. The van der Waals surface area contributed by atoms with Crippen LogP contribution in [-0.4, -0.2) is 27.9 Å². The summed E-state index contributed by atoms with van der Waals surface area (Å²) in [7, 11) is -1.72. The lowest BCUT2D eigenvalue weighted by Gasteiger charge is -2.07. The Morgan fingerprint density at radius 3 is 2.81 bits per heavy atom. The van der Waals surface area contributed by atoms with Crippen LogP contribution in [0.3, 0.4) is 0 Å². The van der Waals surface area contributed by atoms with Gasteiger partial charge in [-0.15, -0.1) is 0 Å². The summed E-state index contributed by atoms with van der Waals surface area (Å²) in [6.07, 6.45) is 0.486. The van der Waals surface area contributed by atoms with Gasteiger partial charge in [0.2, 0.25) is 10.0 Å². The second-order valence-electron chi connectivity index (χ2n) is 3.28. The Labute approximate surface area is 104 Å². The van der Waals surface area contributed by atoms with E-state index in [4.69, 9.17) is 4.74 Å². The molecule has 1 rings (SSSR count). The third-order valence-electron chi connectivity index (χ3n) is 1.86. The van der Waals surface area contributed by atoms with E-state index in [2.05, 4.69) is 20.7 Å². The topological polar surface area (TPSA) is 55.4 Å². The van der Waals surface area contributed by atoms with Gasteiger partial charge < -0.3 is 4.74 Å². The van der Waals surface area contributed by atoms with Crippen molar-refractivity contribution in [2.45, 2.75) is 6.42 Å². The molecule has 0 atom stereocenters. The highest BCUT2D eigenvalue weighted by Gasteiger charge is 2.09. The summed E-state index contributed by atoms with van der Waals surface area (Å²) >= 11 is 3.28. The van der Waals surface area contributed by atoms with Gasteiger partial charge in [-0.3, -0.25) is 4.72 Å². The Morgan fingerprint density at radius 1 is 1.44 bits per heavy atom. The zero-order valence-electron chi connectivity index (χ0n) is 8.94. The third kappa shape index (κ3) is 4.96. The monoisotopic (exact) mass is 307 g/mol. The van der Waals surface area contributed by atoms with E-state index >= 15 is 0 Å². The lowest BCUT2D eigenvalue weighted by molar-refractivity contribution is 0.199. The van der Waals surface area contributed by atoms with Crippen LogP contribution in [0.2, 0.25) is 0 Å². The minimum atomic E-state index is -3.27. The van der Waals surface area contributed by atoms with E-state index in [1.165, 1.54) is 0 Å². The Morgan fingerprint density at radius 2 is 2.19 bits per heavy atom. The number of anilines is 1. The van der Waals surface area contributed by atoms with Crippen LogP contribution in [0.1, 0.15) is 6.42 Å². The van der Waals surface area contributed by atoms with Crippen molar-refractivity contribution in [1.82, 2.24) is 0 Å². The Balaban J connectivity index is 2.59. The lowest BCUT2D eigenvalue weighted by atomic mass is 10.3. The highest BCUT2D eigenvalue weighted by molar-refractivity contribution is 9.10. The van der Waals surface area contributed by atoms with E-state index in [-0.39, 0.29) is 5.75 Å². The number of halogens is 1. The van der Waals surface area contributed by atoms with Gasteiger partial charge in [-0.25, -0.2) is 8.42 Å². The van der Waals surface area contributed by atoms with Gasteiger partial charge in [-0.1, -0.05) is 22.0 Å². The molecule has 1 N–H and O–H groups in total. The van der Waals surface area contributed by atoms with Gasteiger partial charge in [0.15, 0.2) is 0 Å². The molecule has 0 saturated carbocycles. The fourth-order valence-corrected chi connectivity index (χ4v) is 2.66. The first kappa shape index (κ1) is 13.5. The minimum absolute atomic E-state index is 0.0629. The third-order valence-corrected chi connectivity index (χ3v) is 3.73. The van der Waals surface area contributed by atoms with E-state index in [0.29, 0.717) is 18.7 Å². The fraction of sp³-hybridized carbons (Fsp3) is 0.400. The molecule has 0 amide bonds. The Bertz CT molecular complexity index is 433. The van der Waals surface area contributed by atoms with Crippen molar-refractivity contribution in [2.75, 3.05) is 24.2 Å². The van der Waals surface area contributed by atoms with Crippen LogP contribution in [0, 0.1) is 0 Å². The molecule has 1 aromatic carbocycles. The molecule has 0 heterocycles. The van der Waals surface area contributed by atoms with Gasteiger partial charge in [0.1, 0.15) is 0 Å². The first-order chi connectivity index (χ1) is 7.53. The fourth-order valence-electron chi connectivity index (χ4n) is 1.18. The zero-order chi connectivity index (χ0) is 12.0. The van der Waals surface area contributed by atoms with Gasteiger partial charge in [-0.2, -0.15) is 0 Å².